The van der Waals surface area contributed by atoms with Crippen molar-refractivity contribution >= 4 is 24.2 Å². The van der Waals surface area contributed by atoms with Crippen LogP contribution in [0.15, 0.2) is 6.07 Å². The van der Waals surface area contributed by atoms with E-state index in [1.807, 2.05) is 6.92 Å². The van der Waals surface area contributed by atoms with Crippen LogP contribution in [0.5, 0.6) is 0 Å². The van der Waals surface area contributed by atoms with Crippen LogP contribution >= 0.6 is 11.6 Å². The summed E-state index contributed by atoms with van der Waals surface area (Å²) in [6.45, 7) is 1.81. The Balaban J connectivity index is 2.05. The van der Waals surface area contributed by atoms with E-state index in [9.17, 15) is 10.0 Å². The van der Waals surface area contributed by atoms with Crippen LogP contribution in [0.1, 0.15) is 43.5 Å². The van der Waals surface area contributed by atoms with Crippen LogP contribution in [0.4, 0.5) is 0 Å². The largest absolute Gasteiger partial charge is 0.490 e. The molecular weight excluding hydrogens is 248 g/mol. The lowest BCUT2D eigenvalue weighted by Crippen LogP contribution is -2.34. The molecule has 2 bridgehead atoms. The van der Waals surface area contributed by atoms with Gasteiger partial charge in [0.25, 0.3) is 0 Å². The molecule has 0 spiro atoms. The number of aromatic nitrogens is 1. The Morgan fingerprint density at radius 2 is 2.06 bits per heavy atom. The SMILES string of the molecule is Cc1nc([C@]23CC[C@H](CC2)C3)c(Cl)cc1B(O)O. The van der Waals surface area contributed by atoms with E-state index in [1.54, 1.807) is 6.07 Å². The van der Waals surface area contributed by atoms with Crippen LogP contribution in [-0.4, -0.2) is 22.2 Å². The summed E-state index contributed by atoms with van der Waals surface area (Å²) >= 11 is 6.33. The molecule has 96 valence electrons. The molecule has 0 atom stereocenters. The molecule has 2 saturated carbocycles. The Hall–Kier alpha value is -0.575. The predicted octanol–water partition coefficient (Wildman–Crippen LogP) is 1.55. The molecule has 18 heavy (non-hydrogen) atoms. The second kappa shape index (κ2) is 4.22. The second-order valence-electron chi connectivity index (χ2n) is 5.79. The van der Waals surface area contributed by atoms with Crippen molar-refractivity contribution in [2.45, 2.75) is 44.4 Å². The highest BCUT2D eigenvalue weighted by Crippen LogP contribution is 2.55. The van der Waals surface area contributed by atoms with Crippen molar-refractivity contribution < 1.29 is 10.0 Å². The van der Waals surface area contributed by atoms with E-state index < -0.39 is 7.12 Å². The van der Waals surface area contributed by atoms with Gasteiger partial charge >= 0.3 is 7.12 Å². The molecule has 0 saturated heterocycles. The summed E-state index contributed by atoms with van der Waals surface area (Å²) in [4.78, 5) is 4.59. The number of hydrogen-bond acceptors (Lipinski definition) is 3. The Kier molecular flexibility index (Phi) is 2.92. The Labute approximate surface area is 112 Å². The molecule has 0 aliphatic heterocycles. The molecular formula is C13H17BClNO2. The van der Waals surface area contributed by atoms with Crippen LogP contribution in [0, 0.1) is 12.8 Å². The zero-order valence-corrected chi connectivity index (χ0v) is 11.2. The van der Waals surface area contributed by atoms with Crippen molar-refractivity contribution in [3.8, 4) is 0 Å². The molecule has 0 amide bonds. The first-order chi connectivity index (χ1) is 8.52. The van der Waals surface area contributed by atoms with Gasteiger partial charge in [-0.25, -0.2) is 0 Å². The third kappa shape index (κ3) is 1.78. The van der Waals surface area contributed by atoms with Crippen LogP contribution in [-0.2, 0) is 5.41 Å². The minimum Gasteiger partial charge on any atom is -0.423 e. The van der Waals surface area contributed by atoms with Gasteiger partial charge in [0.2, 0.25) is 0 Å². The van der Waals surface area contributed by atoms with Gasteiger partial charge < -0.3 is 10.0 Å². The first kappa shape index (κ1) is 12.5. The highest BCUT2D eigenvalue weighted by Gasteiger charge is 2.48. The molecule has 3 nitrogen and oxygen atoms in total. The fraction of sp³-hybridized carbons (Fsp3) is 0.615. The molecule has 1 aromatic rings. The van der Waals surface area contributed by atoms with E-state index in [2.05, 4.69) is 4.98 Å². The van der Waals surface area contributed by atoms with Crippen molar-refractivity contribution in [3.63, 3.8) is 0 Å². The molecule has 2 fully saturated rings. The van der Waals surface area contributed by atoms with Gasteiger partial charge in [-0.2, -0.15) is 0 Å². The third-order valence-electron chi connectivity index (χ3n) is 4.73. The van der Waals surface area contributed by atoms with Gasteiger partial charge in [0.1, 0.15) is 0 Å². The smallest absolute Gasteiger partial charge is 0.423 e. The maximum absolute atomic E-state index is 9.27. The number of nitrogens with zero attached hydrogens (tertiary/aromatic N) is 1. The topological polar surface area (TPSA) is 53.4 Å². The van der Waals surface area contributed by atoms with E-state index in [1.165, 1.54) is 32.1 Å². The van der Waals surface area contributed by atoms with Crippen molar-refractivity contribution in [3.05, 3.63) is 22.5 Å². The molecule has 0 radical (unpaired) electrons. The molecule has 2 aliphatic rings. The maximum atomic E-state index is 9.27. The highest BCUT2D eigenvalue weighted by molar-refractivity contribution is 6.59. The average Bonchev–Trinajstić information content (AvgIpc) is 2.92. The maximum Gasteiger partial charge on any atom is 0.490 e. The second-order valence-corrected chi connectivity index (χ2v) is 6.20. The molecule has 1 aromatic heterocycles. The zero-order valence-electron chi connectivity index (χ0n) is 10.5. The van der Waals surface area contributed by atoms with Gasteiger partial charge in [0.05, 0.1) is 10.7 Å². The summed E-state index contributed by atoms with van der Waals surface area (Å²) < 4.78 is 0. The van der Waals surface area contributed by atoms with Crippen LogP contribution < -0.4 is 5.46 Å². The predicted molar refractivity (Wildman–Crippen MR) is 72.1 cm³/mol. The Morgan fingerprint density at radius 1 is 1.39 bits per heavy atom. The van der Waals surface area contributed by atoms with Crippen molar-refractivity contribution in [2.24, 2.45) is 5.92 Å². The quantitative estimate of drug-likeness (QED) is 0.798. The normalized spacial score (nSPS) is 29.9. The first-order valence-corrected chi connectivity index (χ1v) is 6.93. The van der Waals surface area contributed by atoms with Crippen LogP contribution in [0.25, 0.3) is 0 Å². The molecule has 5 heteroatoms. The highest BCUT2D eigenvalue weighted by atomic mass is 35.5. The minimum atomic E-state index is -1.50. The number of rotatable bonds is 2. The molecule has 0 aromatic carbocycles. The fourth-order valence-electron chi connectivity index (χ4n) is 3.75. The number of halogens is 1. The van der Waals surface area contributed by atoms with Gasteiger partial charge in [-0.1, -0.05) is 11.6 Å². The number of aryl methyl sites for hydroxylation is 1. The van der Waals surface area contributed by atoms with E-state index in [0.717, 1.165) is 11.6 Å². The first-order valence-electron chi connectivity index (χ1n) is 6.55. The van der Waals surface area contributed by atoms with E-state index in [4.69, 9.17) is 11.6 Å². The van der Waals surface area contributed by atoms with Crippen molar-refractivity contribution in [1.29, 1.82) is 0 Å². The summed E-state index contributed by atoms with van der Waals surface area (Å²) in [5, 5.41) is 19.1. The number of hydrogen-bond donors (Lipinski definition) is 2. The van der Waals surface area contributed by atoms with Gasteiger partial charge in [-0.3, -0.25) is 4.98 Å². The van der Waals surface area contributed by atoms with Gasteiger partial charge in [0.15, 0.2) is 0 Å². The fourth-order valence-corrected chi connectivity index (χ4v) is 4.11. The van der Waals surface area contributed by atoms with Crippen LogP contribution in [0.2, 0.25) is 5.02 Å². The van der Waals surface area contributed by atoms with Gasteiger partial charge in [0, 0.05) is 16.6 Å². The zero-order chi connectivity index (χ0) is 12.9. The van der Waals surface area contributed by atoms with Crippen molar-refractivity contribution in [1.82, 2.24) is 4.98 Å². The Morgan fingerprint density at radius 3 is 2.56 bits per heavy atom. The summed E-state index contributed by atoms with van der Waals surface area (Å²) in [5.41, 5.74) is 2.22. The molecule has 1 heterocycles. The van der Waals surface area contributed by atoms with Crippen LogP contribution in [0.3, 0.4) is 0 Å². The lowest BCUT2D eigenvalue weighted by molar-refractivity contribution is 0.408. The van der Waals surface area contributed by atoms with Crippen molar-refractivity contribution in [2.75, 3.05) is 0 Å². The standard InChI is InChI=1S/C13H17BClNO2/c1-8-10(14(17)18)6-11(15)12(16-8)13-4-2-9(7-13)3-5-13/h6,9,17-18H,2-5,7H2,1H3/t9-,13-. The molecule has 0 unspecified atom stereocenters. The molecule has 2 N–H and O–H groups in total. The van der Waals surface area contributed by atoms with Gasteiger partial charge in [-0.05, 0) is 51.0 Å². The number of pyridine rings is 1. The summed E-state index contributed by atoms with van der Waals surface area (Å²) in [7, 11) is -1.50. The summed E-state index contributed by atoms with van der Waals surface area (Å²) in [6, 6.07) is 1.67. The minimum absolute atomic E-state index is 0.158. The monoisotopic (exact) mass is 265 g/mol. The Bertz CT molecular complexity index is 484. The molecule has 3 rings (SSSR count). The van der Waals surface area contributed by atoms with Gasteiger partial charge in [-0.15, -0.1) is 0 Å². The van der Waals surface area contributed by atoms with E-state index in [-0.39, 0.29) is 5.41 Å². The van der Waals surface area contributed by atoms with E-state index in [0.29, 0.717) is 16.2 Å². The number of fused-ring (bicyclic) bond motifs is 2. The van der Waals surface area contributed by atoms with E-state index >= 15 is 0 Å². The summed E-state index contributed by atoms with van der Waals surface area (Å²) in [5.74, 6) is 0.839. The lowest BCUT2D eigenvalue weighted by Gasteiger charge is -2.27. The summed E-state index contributed by atoms with van der Waals surface area (Å²) in [6.07, 6.45) is 6.10. The average molecular weight is 266 g/mol. The lowest BCUT2D eigenvalue weighted by atomic mass is 9.76. The molecule has 2 aliphatic carbocycles. The third-order valence-corrected chi connectivity index (χ3v) is 5.02.